The molecule has 1 atom stereocenters. The van der Waals surface area contributed by atoms with Crippen LogP contribution >= 0.6 is 11.8 Å². The largest absolute Gasteiger partial charge is 0.497 e. The number of benzene rings is 3. The van der Waals surface area contributed by atoms with E-state index in [1.54, 1.807) is 19.2 Å². The molecular weight excluding hydrogens is 462 g/mol. The van der Waals surface area contributed by atoms with Crippen molar-refractivity contribution in [1.82, 2.24) is 24.5 Å². The number of nitrogens with one attached hydrogen (secondary N) is 1. The molecule has 176 valence electrons. The van der Waals surface area contributed by atoms with Gasteiger partial charge in [0.1, 0.15) is 5.75 Å². The molecule has 1 unspecified atom stereocenters. The van der Waals surface area contributed by atoms with Crippen molar-refractivity contribution in [3.8, 4) is 11.4 Å². The molecule has 0 spiro atoms. The predicted molar refractivity (Wildman–Crippen MR) is 136 cm³/mol. The summed E-state index contributed by atoms with van der Waals surface area (Å²) in [7, 11) is 1.58. The van der Waals surface area contributed by atoms with Crippen LogP contribution in [0.15, 0.2) is 88.8 Å². The number of aromatic nitrogens is 4. The number of hydrogen-bond donors (Lipinski definition) is 1. The van der Waals surface area contributed by atoms with E-state index in [0.717, 1.165) is 5.56 Å². The Labute approximate surface area is 205 Å². The Bertz CT molecular complexity index is 1580. The van der Waals surface area contributed by atoms with Gasteiger partial charge in [-0.15, -0.1) is 10.2 Å². The number of hydrogen-bond acceptors (Lipinski definition) is 6. The van der Waals surface area contributed by atoms with E-state index in [1.807, 2.05) is 78.1 Å². The first-order valence-corrected chi connectivity index (χ1v) is 12.1. The average molecular weight is 486 g/mol. The molecule has 5 rings (SSSR count). The molecule has 2 heterocycles. The third-order valence-corrected chi connectivity index (χ3v) is 6.64. The molecule has 0 aliphatic rings. The van der Waals surface area contributed by atoms with Gasteiger partial charge in [0.2, 0.25) is 11.7 Å². The van der Waals surface area contributed by atoms with Gasteiger partial charge in [0.15, 0.2) is 5.16 Å². The van der Waals surface area contributed by atoms with Gasteiger partial charge in [-0.1, -0.05) is 60.3 Å². The van der Waals surface area contributed by atoms with Gasteiger partial charge < -0.3 is 10.1 Å². The Morgan fingerprint density at radius 2 is 1.80 bits per heavy atom. The first-order chi connectivity index (χ1) is 17.1. The van der Waals surface area contributed by atoms with Crippen LogP contribution in [0.3, 0.4) is 0 Å². The number of ether oxygens (including phenoxy) is 1. The first kappa shape index (κ1) is 22.7. The maximum atomic E-state index is 13.4. The molecule has 0 saturated carbocycles. The minimum atomic E-state index is -0.209. The monoisotopic (exact) mass is 485 g/mol. The van der Waals surface area contributed by atoms with E-state index in [1.165, 1.54) is 16.3 Å². The van der Waals surface area contributed by atoms with Gasteiger partial charge in [0.25, 0.3) is 5.56 Å². The highest BCUT2D eigenvalue weighted by Crippen LogP contribution is 2.24. The molecule has 9 heteroatoms. The summed E-state index contributed by atoms with van der Waals surface area (Å²) in [5.74, 6) is 1.03. The van der Waals surface area contributed by atoms with Crippen LogP contribution in [-0.2, 0) is 4.79 Å². The quantitative estimate of drug-likeness (QED) is 0.350. The summed E-state index contributed by atoms with van der Waals surface area (Å²) in [6.45, 7) is 1.95. The van der Waals surface area contributed by atoms with Crippen LogP contribution in [0.25, 0.3) is 22.4 Å². The first-order valence-electron chi connectivity index (χ1n) is 11.1. The molecule has 1 N–H and O–H groups in total. The molecule has 1 amide bonds. The molecule has 2 aromatic heterocycles. The topological polar surface area (TPSA) is 90.5 Å². The van der Waals surface area contributed by atoms with Crippen molar-refractivity contribution in [1.29, 1.82) is 0 Å². The van der Waals surface area contributed by atoms with Crippen LogP contribution in [0.2, 0.25) is 0 Å². The lowest BCUT2D eigenvalue weighted by molar-refractivity contribution is -0.119. The number of para-hydroxylation sites is 1. The zero-order valence-corrected chi connectivity index (χ0v) is 20.0. The van der Waals surface area contributed by atoms with E-state index in [2.05, 4.69) is 15.5 Å². The van der Waals surface area contributed by atoms with Crippen LogP contribution in [0.1, 0.15) is 18.5 Å². The molecule has 0 radical (unpaired) electrons. The van der Waals surface area contributed by atoms with Gasteiger partial charge in [-0.3, -0.25) is 14.0 Å². The third-order valence-electron chi connectivity index (χ3n) is 5.72. The normalized spacial score (nSPS) is 12.1. The molecule has 35 heavy (non-hydrogen) atoms. The van der Waals surface area contributed by atoms with Crippen molar-refractivity contribution in [3.63, 3.8) is 0 Å². The molecular formula is C26H23N5O3S. The zero-order valence-electron chi connectivity index (χ0n) is 19.2. The van der Waals surface area contributed by atoms with Gasteiger partial charge in [0, 0.05) is 6.07 Å². The second kappa shape index (κ2) is 9.63. The van der Waals surface area contributed by atoms with Gasteiger partial charge in [-0.2, -0.15) is 0 Å². The average Bonchev–Trinajstić information content (AvgIpc) is 3.32. The van der Waals surface area contributed by atoms with E-state index in [9.17, 15) is 9.59 Å². The summed E-state index contributed by atoms with van der Waals surface area (Å²) in [6, 6.07) is 24.2. The van der Waals surface area contributed by atoms with E-state index >= 15 is 0 Å². The molecule has 0 fully saturated rings. The van der Waals surface area contributed by atoms with Crippen LogP contribution in [-0.4, -0.2) is 37.9 Å². The number of fused-ring (bicyclic) bond motifs is 3. The maximum absolute atomic E-state index is 13.4. The van der Waals surface area contributed by atoms with Crippen molar-refractivity contribution in [2.75, 3.05) is 12.9 Å². The molecule has 0 aliphatic carbocycles. The second-order valence-corrected chi connectivity index (χ2v) is 8.91. The van der Waals surface area contributed by atoms with Gasteiger partial charge in [-0.25, -0.2) is 4.57 Å². The molecule has 0 aliphatic heterocycles. The van der Waals surface area contributed by atoms with Crippen molar-refractivity contribution < 1.29 is 9.53 Å². The fraction of sp³-hybridized carbons (Fsp3) is 0.154. The molecule has 0 bridgehead atoms. The lowest BCUT2D eigenvalue weighted by Gasteiger charge is -2.14. The molecule has 3 aromatic carbocycles. The minimum Gasteiger partial charge on any atom is -0.497 e. The van der Waals surface area contributed by atoms with Crippen LogP contribution in [0.5, 0.6) is 5.75 Å². The van der Waals surface area contributed by atoms with Crippen LogP contribution in [0.4, 0.5) is 0 Å². The highest BCUT2D eigenvalue weighted by molar-refractivity contribution is 7.99. The fourth-order valence-corrected chi connectivity index (χ4v) is 4.74. The number of methoxy groups -OCH3 is 1. The highest BCUT2D eigenvalue weighted by Gasteiger charge is 2.19. The molecule has 8 nitrogen and oxygen atoms in total. The number of rotatable bonds is 7. The predicted octanol–water partition coefficient (Wildman–Crippen LogP) is 4.01. The van der Waals surface area contributed by atoms with Crippen molar-refractivity contribution in [2.45, 2.75) is 18.1 Å². The lowest BCUT2D eigenvalue weighted by atomic mass is 10.1. The summed E-state index contributed by atoms with van der Waals surface area (Å²) in [5.41, 5.74) is 2.12. The zero-order chi connectivity index (χ0) is 24.4. The Hall–Kier alpha value is -4.11. The maximum Gasteiger partial charge on any atom is 0.267 e. The van der Waals surface area contributed by atoms with E-state index in [-0.39, 0.29) is 23.3 Å². The number of thioether (sulfide) groups is 1. The van der Waals surface area contributed by atoms with Gasteiger partial charge >= 0.3 is 0 Å². The van der Waals surface area contributed by atoms with E-state index in [0.29, 0.717) is 33.3 Å². The molecule has 5 aromatic rings. The van der Waals surface area contributed by atoms with Gasteiger partial charge in [-0.05, 0) is 36.8 Å². The van der Waals surface area contributed by atoms with E-state index < -0.39 is 0 Å². The Morgan fingerprint density at radius 1 is 1.03 bits per heavy atom. The lowest BCUT2D eigenvalue weighted by Crippen LogP contribution is -2.28. The number of nitrogens with zero attached hydrogens (tertiary/aromatic N) is 4. The van der Waals surface area contributed by atoms with Crippen LogP contribution < -0.4 is 15.6 Å². The van der Waals surface area contributed by atoms with Crippen molar-refractivity contribution >= 4 is 34.3 Å². The highest BCUT2D eigenvalue weighted by atomic mass is 32.2. The van der Waals surface area contributed by atoms with Crippen molar-refractivity contribution in [3.05, 3.63) is 94.8 Å². The Kier molecular flexibility index (Phi) is 6.24. The Morgan fingerprint density at radius 3 is 2.60 bits per heavy atom. The smallest absolute Gasteiger partial charge is 0.267 e. The second-order valence-electron chi connectivity index (χ2n) is 7.97. The fourth-order valence-electron chi connectivity index (χ4n) is 3.99. The summed E-state index contributed by atoms with van der Waals surface area (Å²) >= 11 is 1.27. The third kappa shape index (κ3) is 4.38. The molecule has 0 saturated heterocycles. The number of amides is 1. The Balaban J connectivity index is 1.51. The summed E-state index contributed by atoms with van der Waals surface area (Å²) in [5, 5.41) is 12.7. The number of carbonyl (C=O) groups excluding carboxylic acids is 1. The van der Waals surface area contributed by atoms with Crippen molar-refractivity contribution in [2.24, 2.45) is 0 Å². The van der Waals surface area contributed by atoms with Crippen LogP contribution in [0, 0.1) is 0 Å². The standard InChI is InChI=1S/C26H23N5O3S/c1-17(18-9-4-3-5-10-18)27-23(32)16-35-26-29-28-25-30(19-11-8-12-20(15-19)34-2)24(33)21-13-6-7-14-22(21)31(25)26/h3-15,17H,16H2,1-2H3,(H,27,32). The van der Waals surface area contributed by atoms with Gasteiger partial charge in [0.05, 0.1) is 35.5 Å². The van der Waals surface area contributed by atoms with E-state index in [4.69, 9.17) is 4.74 Å². The summed E-state index contributed by atoms with van der Waals surface area (Å²) in [6.07, 6.45) is 0. The minimum absolute atomic E-state index is 0.112. The number of carbonyl (C=O) groups is 1. The SMILES string of the molecule is COc1cccc(-n2c(=O)c3ccccc3n3c(SCC(=O)NC(C)c4ccccc4)nnc23)c1. The summed E-state index contributed by atoms with van der Waals surface area (Å²) < 4.78 is 8.67. The summed E-state index contributed by atoms with van der Waals surface area (Å²) in [4.78, 5) is 26.1.